The number of rotatable bonds is 5. The maximum absolute atomic E-state index is 12.7. The van der Waals surface area contributed by atoms with Crippen LogP contribution in [-0.4, -0.2) is 5.97 Å². The van der Waals surface area contributed by atoms with Gasteiger partial charge in [-0.1, -0.05) is 79.2 Å². The summed E-state index contributed by atoms with van der Waals surface area (Å²) in [6.45, 7) is 6.06. The smallest absolute Gasteiger partial charge is 0.339 e. The molecule has 0 aromatic heterocycles. The molecule has 0 saturated carbocycles. The van der Waals surface area contributed by atoms with Gasteiger partial charge in [0, 0.05) is 0 Å². The van der Waals surface area contributed by atoms with Gasteiger partial charge in [-0.05, 0) is 49.1 Å². The highest BCUT2D eigenvalue weighted by Crippen LogP contribution is 2.30. The summed E-state index contributed by atoms with van der Waals surface area (Å²) >= 11 is 0. The minimum Gasteiger partial charge on any atom is -0.451 e. The summed E-state index contributed by atoms with van der Waals surface area (Å²) in [7, 11) is 0. The molecule has 0 radical (unpaired) electrons. The number of ether oxygens (including phenoxy) is 1. The van der Waals surface area contributed by atoms with Crippen LogP contribution in [0.4, 0.5) is 0 Å². The molecule has 0 bridgehead atoms. The first-order chi connectivity index (χ1) is 12.5. The summed E-state index contributed by atoms with van der Waals surface area (Å²) in [6, 6.07) is 25.8. The second-order valence-electron chi connectivity index (χ2n) is 6.78. The molecule has 0 heterocycles. The van der Waals surface area contributed by atoms with Crippen LogP contribution in [0, 0.1) is 6.92 Å². The predicted octanol–water partition coefficient (Wildman–Crippen LogP) is 6.14. The number of carbonyl (C=O) groups is 1. The Morgan fingerprint density at radius 3 is 1.92 bits per heavy atom. The third kappa shape index (κ3) is 3.85. The van der Waals surface area contributed by atoms with Crippen molar-refractivity contribution in [2.45, 2.75) is 32.8 Å². The zero-order chi connectivity index (χ0) is 18.6. The molecule has 1 atom stereocenters. The second-order valence-corrected chi connectivity index (χ2v) is 6.78. The van der Waals surface area contributed by atoms with E-state index in [1.54, 1.807) is 0 Å². The molecule has 0 spiro atoms. The van der Waals surface area contributed by atoms with E-state index >= 15 is 0 Å². The number of aryl methyl sites for hydroxylation is 1. The van der Waals surface area contributed by atoms with Gasteiger partial charge in [-0.15, -0.1) is 0 Å². The highest BCUT2D eigenvalue weighted by molar-refractivity contribution is 5.90. The molecule has 0 aliphatic heterocycles. The molecule has 0 saturated heterocycles. The summed E-state index contributed by atoms with van der Waals surface area (Å²) in [6.07, 6.45) is 0.713. The number of benzene rings is 3. The average Bonchev–Trinajstić information content (AvgIpc) is 2.69. The highest BCUT2D eigenvalue weighted by atomic mass is 16.6. The van der Waals surface area contributed by atoms with Crippen molar-refractivity contribution >= 4 is 5.97 Å². The van der Waals surface area contributed by atoms with Crippen molar-refractivity contribution in [3.8, 4) is 11.1 Å². The second kappa shape index (κ2) is 7.57. The van der Waals surface area contributed by atoms with Crippen LogP contribution in [0.5, 0.6) is 0 Å². The molecule has 1 unspecified atom stereocenters. The van der Waals surface area contributed by atoms with E-state index in [2.05, 4.69) is 31.2 Å². The first kappa shape index (κ1) is 17.9. The molecule has 0 fully saturated rings. The molecule has 2 nitrogen and oxygen atoms in total. The fourth-order valence-corrected chi connectivity index (χ4v) is 2.93. The van der Waals surface area contributed by atoms with Gasteiger partial charge in [-0.3, -0.25) is 0 Å². The zero-order valence-electron chi connectivity index (χ0n) is 15.5. The van der Waals surface area contributed by atoms with Crippen LogP contribution in [-0.2, 0) is 10.3 Å². The van der Waals surface area contributed by atoms with E-state index in [9.17, 15) is 4.79 Å². The van der Waals surface area contributed by atoms with Gasteiger partial charge in [0.1, 0.15) is 5.60 Å². The Morgan fingerprint density at radius 1 is 0.846 bits per heavy atom. The van der Waals surface area contributed by atoms with Crippen molar-refractivity contribution in [3.63, 3.8) is 0 Å². The third-order valence-corrected chi connectivity index (χ3v) is 4.88. The van der Waals surface area contributed by atoms with Gasteiger partial charge in [-0.2, -0.15) is 0 Å². The summed E-state index contributed by atoms with van der Waals surface area (Å²) in [5.74, 6) is -0.298. The van der Waals surface area contributed by atoms with Gasteiger partial charge < -0.3 is 4.74 Å². The van der Waals surface area contributed by atoms with Crippen molar-refractivity contribution in [3.05, 3.63) is 95.6 Å². The van der Waals surface area contributed by atoms with Gasteiger partial charge in [0.2, 0.25) is 0 Å². The largest absolute Gasteiger partial charge is 0.451 e. The lowest BCUT2D eigenvalue weighted by atomic mass is 9.93. The molecule has 3 rings (SSSR count). The molecular formula is C24H24O2. The van der Waals surface area contributed by atoms with Gasteiger partial charge in [0.05, 0.1) is 5.56 Å². The van der Waals surface area contributed by atoms with Crippen molar-refractivity contribution < 1.29 is 9.53 Å². The lowest BCUT2D eigenvalue weighted by molar-refractivity contribution is -0.0141. The molecule has 0 amide bonds. The van der Waals surface area contributed by atoms with E-state index in [4.69, 9.17) is 4.74 Å². The van der Waals surface area contributed by atoms with Crippen molar-refractivity contribution in [1.82, 2.24) is 0 Å². The van der Waals surface area contributed by atoms with E-state index in [1.165, 1.54) is 5.56 Å². The molecular weight excluding hydrogens is 320 g/mol. The molecule has 0 aliphatic carbocycles. The Balaban J connectivity index is 1.78. The van der Waals surface area contributed by atoms with Crippen LogP contribution < -0.4 is 0 Å². The summed E-state index contributed by atoms with van der Waals surface area (Å²) in [5, 5.41) is 0. The molecule has 26 heavy (non-hydrogen) atoms. The Kier molecular flexibility index (Phi) is 5.22. The Bertz CT molecular complexity index is 864. The first-order valence-electron chi connectivity index (χ1n) is 8.98. The van der Waals surface area contributed by atoms with Crippen LogP contribution >= 0.6 is 0 Å². The number of carbonyl (C=O) groups excluding carboxylic acids is 1. The zero-order valence-corrected chi connectivity index (χ0v) is 15.5. The third-order valence-electron chi connectivity index (χ3n) is 4.88. The van der Waals surface area contributed by atoms with Crippen LogP contribution in [0.2, 0.25) is 0 Å². The predicted molar refractivity (Wildman–Crippen MR) is 106 cm³/mol. The SMILES string of the molecule is CCC(C)(OC(=O)c1ccc(-c2ccc(C)cc2)cc1)c1ccccc1. The minimum absolute atomic E-state index is 0.298. The lowest BCUT2D eigenvalue weighted by Gasteiger charge is -2.29. The molecule has 132 valence electrons. The van der Waals surface area contributed by atoms with E-state index in [1.807, 2.05) is 68.4 Å². The molecule has 3 aromatic carbocycles. The number of hydrogen-bond donors (Lipinski definition) is 0. The van der Waals surface area contributed by atoms with E-state index < -0.39 is 5.60 Å². The Hall–Kier alpha value is -2.87. The van der Waals surface area contributed by atoms with Gasteiger partial charge in [-0.25, -0.2) is 4.79 Å². The Morgan fingerprint density at radius 2 is 1.38 bits per heavy atom. The van der Waals surface area contributed by atoms with Gasteiger partial charge in [0.25, 0.3) is 0 Å². The summed E-state index contributed by atoms with van der Waals surface area (Å²) < 4.78 is 5.88. The normalized spacial score (nSPS) is 13.0. The monoisotopic (exact) mass is 344 g/mol. The van der Waals surface area contributed by atoms with Crippen molar-refractivity contribution in [2.24, 2.45) is 0 Å². The maximum atomic E-state index is 12.7. The van der Waals surface area contributed by atoms with Crippen LogP contribution in [0.3, 0.4) is 0 Å². The molecule has 0 N–H and O–H groups in total. The number of hydrogen-bond acceptors (Lipinski definition) is 2. The van der Waals surface area contributed by atoms with Crippen LogP contribution in [0.25, 0.3) is 11.1 Å². The fraction of sp³-hybridized carbons (Fsp3) is 0.208. The van der Waals surface area contributed by atoms with Crippen molar-refractivity contribution in [2.75, 3.05) is 0 Å². The fourth-order valence-electron chi connectivity index (χ4n) is 2.93. The highest BCUT2D eigenvalue weighted by Gasteiger charge is 2.29. The van der Waals surface area contributed by atoms with E-state index in [0.29, 0.717) is 12.0 Å². The van der Waals surface area contributed by atoms with E-state index in [0.717, 1.165) is 16.7 Å². The van der Waals surface area contributed by atoms with Crippen LogP contribution in [0.15, 0.2) is 78.9 Å². The average molecular weight is 344 g/mol. The molecule has 0 aliphatic rings. The van der Waals surface area contributed by atoms with E-state index in [-0.39, 0.29) is 5.97 Å². The number of esters is 1. The topological polar surface area (TPSA) is 26.3 Å². The van der Waals surface area contributed by atoms with Crippen LogP contribution in [0.1, 0.15) is 41.8 Å². The van der Waals surface area contributed by atoms with Gasteiger partial charge >= 0.3 is 5.97 Å². The molecule has 2 heteroatoms. The minimum atomic E-state index is -0.631. The standard InChI is InChI=1S/C24H24O2/c1-4-24(3,22-8-6-5-7-9-22)26-23(25)21-16-14-20(15-17-21)19-12-10-18(2)11-13-19/h5-17H,4H2,1-3H3. The quantitative estimate of drug-likeness (QED) is 0.519. The Labute approximate surface area is 155 Å². The lowest BCUT2D eigenvalue weighted by Crippen LogP contribution is -2.28. The summed E-state index contributed by atoms with van der Waals surface area (Å²) in [5.41, 5.74) is 4.40. The maximum Gasteiger partial charge on any atom is 0.339 e. The molecule has 3 aromatic rings. The van der Waals surface area contributed by atoms with Crippen molar-refractivity contribution in [1.29, 1.82) is 0 Å². The first-order valence-corrected chi connectivity index (χ1v) is 8.98. The summed E-state index contributed by atoms with van der Waals surface area (Å²) in [4.78, 5) is 12.7. The van der Waals surface area contributed by atoms with Gasteiger partial charge in [0.15, 0.2) is 0 Å².